The first kappa shape index (κ1) is 18.5. The minimum absolute atomic E-state index is 0.000189. The minimum atomic E-state index is -2.14. The van der Waals surface area contributed by atoms with E-state index >= 15 is 0 Å². The summed E-state index contributed by atoms with van der Waals surface area (Å²) >= 11 is 0. The molecule has 140 valence electrons. The van der Waals surface area contributed by atoms with Crippen LogP contribution < -0.4 is 17.0 Å². The Morgan fingerprint density at radius 2 is 2.00 bits per heavy atom. The summed E-state index contributed by atoms with van der Waals surface area (Å²) in [5.74, 6) is 0. The molecule has 0 bridgehead atoms. The highest BCUT2D eigenvalue weighted by Gasteiger charge is 2.78. The Morgan fingerprint density at radius 1 is 1.36 bits per heavy atom. The zero-order valence-corrected chi connectivity index (χ0v) is 16.5. The second kappa shape index (κ2) is 5.62. The number of nitrogens with two attached hydrogens (primary N) is 1. The number of aromatic nitrogens is 2. The fourth-order valence-corrected chi connectivity index (χ4v) is 4.84. The molecule has 1 aromatic heterocycles. The third kappa shape index (κ3) is 2.65. The molecular formula is C16H27N3O5Si. The summed E-state index contributed by atoms with van der Waals surface area (Å²) in [6, 6.07) is 0.976. The van der Waals surface area contributed by atoms with Crippen LogP contribution in [0.1, 0.15) is 27.0 Å². The van der Waals surface area contributed by atoms with Crippen molar-refractivity contribution in [2.24, 2.45) is 5.73 Å². The van der Waals surface area contributed by atoms with E-state index in [0.717, 1.165) is 0 Å². The second-order valence-electron chi connectivity index (χ2n) is 8.36. The monoisotopic (exact) mass is 369 g/mol. The number of fused-ring (bicyclic) bond motifs is 1. The average molecular weight is 369 g/mol. The lowest BCUT2D eigenvalue weighted by Gasteiger charge is -2.41. The summed E-state index contributed by atoms with van der Waals surface area (Å²) in [5.41, 5.74) is 4.51. The summed E-state index contributed by atoms with van der Waals surface area (Å²) in [4.78, 5) is 25.7. The van der Waals surface area contributed by atoms with Crippen LogP contribution in [0.3, 0.4) is 0 Å². The Morgan fingerprint density at radius 3 is 2.52 bits per heavy atom. The van der Waals surface area contributed by atoms with Gasteiger partial charge in [0.05, 0.1) is 6.04 Å². The van der Waals surface area contributed by atoms with Gasteiger partial charge in [-0.15, -0.1) is 0 Å². The number of rotatable bonds is 4. The van der Waals surface area contributed by atoms with Crippen molar-refractivity contribution in [2.45, 2.75) is 69.0 Å². The molecule has 0 radical (unpaired) electrons. The van der Waals surface area contributed by atoms with Crippen molar-refractivity contribution in [3.8, 4) is 0 Å². The molecule has 1 saturated heterocycles. The van der Waals surface area contributed by atoms with E-state index in [0.29, 0.717) is 0 Å². The molecule has 8 nitrogen and oxygen atoms in total. The fourth-order valence-electron chi connectivity index (χ4n) is 3.28. The van der Waals surface area contributed by atoms with Gasteiger partial charge in [-0.05, 0) is 18.1 Å². The summed E-state index contributed by atoms with van der Waals surface area (Å²) in [5, 5.41) is -0.000189. The van der Waals surface area contributed by atoms with Gasteiger partial charge in [-0.3, -0.25) is 14.3 Å². The van der Waals surface area contributed by atoms with Crippen LogP contribution in [0, 0.1) is 0 Å². The lowest BCUT2D eigenvalue weighted by molar-refractivity contribution is -0.0875. The molecule has 9 heteroatoms. The number of hydrogen-bond donors (Lipinski definition) is 2. The molecule has 1 aliphatic carbocycles. The molecule has 2 heterocycles. The van der Waals surface area contributed by atoms with Gasteiger partial charge in [0, 0.05) is 19.4 Å². The number of nitrogens with zero attached hydrogens (tertiary/aromatic N) is 1. The molecule has 1 aliphatic heterocycles. The molecule has 25 heavy (non-hydrogen) atoms. The average Bonchev–Trinajstić information content (AvgIpc) is 2.87. The van der Waals surface area contributed by atoms with Crippen molar-refractivity contribution in [2.75, 3.05) is 7.11 Å². The highest BCUT2D eigenvalue weighted by Crippen LogP contribution is 2.58. The number of aromatic amines is 1. The van der Waals surface area contributed by atoms with E-state index < -0.39 is 37.5 Å². The first-order valence-corrected chi connectivity index (χ1v) is 11.3. The van der Waals surface area contributed by atoms with Crippen LogP contribution >= 0.6 is 0 Å². The van der Waals surface area contributed by atoms with Crippen LogP contribution in [-0.4, -0.2) is 48.8 Å². The molecule has 0 spiro atoms. The zero-order chi connectivity index (χ0) is 18.8. The van der Waals surface area contributed by atoms with Gasteiger partial charge in [0.2, 0.25) is 0 Å². The topological polar surface area (TPSA) is 109 Å². The zero-order valence-electron chi connectivity index (χ0n) is 15.5. The predicted octanol–water partition coefficient (Wildman–Crippen LogP) is 0.551. The second-order valence-corrected chi connectivity index (χ2v) is 13.1. The predicted molar refractivity (Wildman–Crippen MR) is 95.0 cm³/mol. The molecule has 3 rings (SSSR count). The van der Waals surface area contributed by atoms with E-state index in [9.17, 15) is 9.59 Å². The molecule has 1 aromatic rings. The van der Waals surface area contributed by atoms with Crippen molar-refractivity contribution in [3.05, 3.63) is 33.1 Å². The van der Waals surface area contributed by atoms with Crippen molar-refractivity contribution >= 4 is 8.32 Å². The Hall–Kier alpha value is -1.26. The molecule has 0 amide bonds. The number of H-pyrrole nitrogens is 1. The molecule has 2 fully saturated rings. The molecular weight excluding hydrogens is 342 g/mol. The molecule has 0 aromatic carbocycles. The fraction of sp³-hybridized carbons (Fsp3) is 0.750. The van der Waals surface area contributed by atoms with E-state index in [1.165, 1.54) is 16.8 Å². The van der Waals surface area contributed by atoms with Gasteiger partial charge in [-0.25, -0.2) is 4.79 Å². The Kier molecular flexibility index (Phi) is 4.16. The van der Waals surface area contributed by atoms with E-state index in [1.54, 1.807) is 7.11 Å². The van der Waals surface area contributed by atoms with E-state index in [4.69, 9.17) is 19.6 Å². The highest BCUT2D eigenvalue weighted by atomic mass is 28.4. The van der Waals surface area contributed by atoms with Crippen molar-refractivity contribution < 1.29 is 13.9 Å². The highest BCUT2D eigenvalue weighted by molar-refractivity contribution is 6.74. The maximum atomic E-state index is 12.1. The van der Waals surface area contributed by atoms with Crippen LogP contribution in [0.15, 0.2) is 21.9 Å². The van der Waals surface area contributed by atoms with Crippen molar-refractivity contribution in [1.82, 2.24) is 9.55 Å². The minimum Gasteiger partial charge on any atom is -0.404 e. The first-order valence-electron chi connectivity index (χ1n) is 8.41. The molecule has 3 N–H and O–H groups in total. The smallest absolute Gasteiger partial charge is 0.330 e. The molecule has 5 atom stereocenters. The van der Waals surface area contributed by atoms with Crippen LogP contribution in [-0.2, 0) is 13.9 Å². The third-order valence-corrected chi connectivity index (χ3v) is 10.3. The summed E-state index contributed by atoms with van der Waals surface area (Å²) < 4.78 is 19.7. The third-order valence-electron chi connectivity index (χ3n) is 5.79. The molecule has 2 aliphatic rings. The van der Waals surface area contributed by atoms with Crippen molar-refractivity contribution in [3.63, 3.8) is 0 Å². The van der Waals surface area contributed by atoms with E-state index in [2.05, 4.69) is 38.8 Å². The van der Waals surface area contributed by atoms with Crippen molar-refractivity contribution in [1.29, 1.82) is 0 Å². The quantitative estimate of drug-likeness (QED) is 0.750. The maximum Gasteiger partial charge on any atom is 0.330 e. The number of ether oxygens (including phenoxy) is 2. The van der Waals surface area contributed by atoms with Gasteiger partial charge in [-0.2, -0.15) is 0 Å². The number of hydrogen-bond acceptors (Lipinski definition) is 6. The Labute approximate surface area is 147 Å². The maximum absolute atomic E-state index is 12.1. The SMILES string of the molecule is CO[C@H]1[C@H](n2ccc(=O)[nH]c2=O)O[C@@H]2C(N)C21O[Si](C)(C)C(C)(C)C. The lowest BCUT2D eigenvalue weighted by atomic mass is 10.1. The first-order chi connectivity index (χ1) is 11.5. The van der Waals surface area contributed by atoms with Gasteiger partial charge in [0.1, 0.15) is 17.8 Å². The normalized spacial score (nSPS) is 34.8. The number of nitrogens with one attached hydrogen (secondary N) is 1. The standard InChI is InChI=1S/C16H27N3O5Si/c1-15(2,3)25(5,6)24-16-10(17)11(16)23-13(12(16)22-4)19-8-7-9(20)18-14(19)21/h7-8,10-13H,17H2,1-6H3,(H,18,20,21)/t10?,11-,12+,13-,16?/m1/s1. The van der Waals surface area contributed by atoms with Gasteiger partial charge >= 0.3 is 5.69 Å². The largest absolute Gasteiger partial charge is 0.404 e. The van der Waals surface area contributed by atoms with Gasteiger partial charge in [0.25, 0.3) is 5.56 Å². The van der Waals surface area contributed by atoms with Gasteiger partial charge in [0.15, 0.2) is 14.5 Å². The van der Waals surface area contributed by atoms with E-state index in [-0.39, 0.29) is 17.2 Å². The van der Waals surface area contributed by atoms with Crippen LogP contribution in [0.5, 0.6) is 0 Å². The van der Waals surface area contributed by atoms with Crippen LogP contribution in [0.4, 0.5) is 0 Å². The van der Waals surface area contributed by atoms with Gasteiger partial charge < -0.3 is 19.6 Å². The van der Waals surface area contributed by atoms with Crippen LogP contribution in [0.25, 0.3) is 0 Å². The summed E-state index contributed by atoms with van der Waals surface area (Å²) in [6.07, 6.45) is -0.154. The van der Waals surface area contributed by atoms with Crippen LogP contribution in [0.2, 0.25) is 18.1 Å². The summed E-state index contributed by atoms with van der Waals surface area (Å²) in [6.45, 7) is 10.8. The van der Waals surface area contributed by atoms with Gasteiger partial charge in [-0.1, -0.05) is 20.8 Å². The Bertz CT molecular complexity index is 783. The molecule has 2 unspecified atom stereocenters. The summed E-state index contributed by atoms with van der Waals surface area (Å²) in [7, 11) is -0.581. The van der Waals surface area contributed by atoms with E-state index in [1.807, 2.05) is 0 Å². The Balaban J connectivity index is 1.96. The number of methoxy groups -OCH3 is 1. The molecule has 1 saturated carbocycles. The lowest BCUT2D eigenvalue weighted by Crippen LogP contribution is -2.53.